The van der Waals surface area contributed by atoms with E-state index in [4.69, 9.17) is 44.8 Å². The van der Waals surface area contributed by atoms with Crippen molar-refractivity contribution in [1.29, 1.82) is 0 Å². The van der Waals surface area contributed by atoms with E-state index in [0.717, 1.165) is 38.9 Å². The zero-order chi connectivity index (χ0) is 59.1. The first-order valence-corrected chi connectivity index (χ1v) is 26.1. The predicted molar refractivity (Wildman–Crippen MR) is 296 cm³/mol. The summed E-state index contributed by atoms with van der Waals surface area (Å²) in [6.45, 7) is 20.5. The van der Waals surface area contributed by atoms with Gasteiger partial charge >= 0.3 is 35.8 Å². The highest BCUT2D eigenvalue weighted by Gasteiger charge is 2.22. The minimum absolute atomic E-state index is 0.0230. The molecular weight excluding hydrogens is 1020 g/mol. The lowest BCUT2D eigenvalue weighted by Gasteiger charge is -2.21. The minimum Gasteiger partial charge on any atom is -0.481 e. The highest BCUT2D eigenvalue weighted by atomic mass is 17.1. The lowest BCUT2D eigenvalue weighted by atomic mass is 9.97. The van der Waals surface area contributed by atoms with Crippen molar-refractivity contribution in [3.05, 3.63) is 177 Å². The molecule has 79 heavy (non-hydrogen) atoms. The summed E-state index contributed by atoms with van der Waals surface area (Å²) in [6.07, 6.45) is -0.707. The SMILES string of the molecule is CC(C)(OO)c1ccc(COC(=O)CCC(=O)OCc2ccc(C(C)(C)OO)cc2)cc1.CC(C)c1ccc(CO)cc1.CC(C)c1ccc(COC(=O)CCC(=O)OCc2ccc(C(C)C)cc2)cc1.O=C(O)CCC(=O)O. The molecule has 0 atom stereocenters. The van der Waals surface area contributed by atoms with Gasteiger partial charge in [-0.1, -0.05) is 163 Å². The third kappa shape index (κ3) is 27.7. The number of esters is 4. The molecule has 17 heteroatoms. The molecule has 5 rings (SSSR count). The number of hydrogen-bond donors (Lipinski definition) is 5. The number of rotatable bonds is 25. The van der Waals surface area contributed by atoms with Crippen molar-refractivity contribution >= 4 is 35.8 Å². The summed E-state index contributed by atoms with van der Waals surface area (Å²) in [4.78, 5) is 75.7. The highest BCUT2D eigenvalue weighted by Crippen LogP contribution is 2.25. The number of carboxylic acids is 2. The first-order valence-electron chi connectivity index (χ1n) is 26.1. The van der Waals surface area contributed by atoms with Crippen LogP contribution in [0.1, 0.15) is 181 Å². The van der Waals surface area contributed by atoms with Crippen molar-refractivity contribution in [3.8, 4) is 0 Å². The van der Waals surface area contributed by atoms with Crippen LogP contribution in [0.25, 0.3) is 0 Å². The van der Waals surface area contributed by atoms with Crippen LogP contribution in [0.3, 0.4) is 0 Å². The maximum absolute atomic E-state index is 11.9. The molecule has 0 spiro atoms. The Kier molecular flexibility index (Phi) is 30.3. The summed E-state index contributed by atoms with van der Waals surface area (Å²) in [6, 6.07) is 38.3. The highest BCUT2D eigenvalue weighted by molar-refractivity contribution is 5.78. The molecule has 0 aliphatic heterocycles. The standard InChI is InChI=1S/C24H30O8.C24H30O4.C10H14O.C4H6O4/c1-23(2,31-27)19-9-5-17(6-10-19)15-29-21(25)13-14-22(26)30-16-18-7-11-20(12-8-18)24(3,4)32-28;1-17(2)21-9-5-19(6-10-21)15-27-23(25)13-14-24(26)28-16-20-7-11-22(12-8-20)18(3)4;1-8(2)10-5-3-9(7-11)4-6-10;5-3(6)1-2-4(7)8/h5-12,27-28H,13-16H2,1-4H3;5-12,17-18H,13-16H2,1-4H3;3-6,8,11H,7H2,1-2H3;1-2H2,(H,5,6)(H,7,8). The number of ether oxygens (including phenoxy) is 4. The van der Waals surface area contributed by atoms with Crippen LogP contribution in [0.15, 0.2) is 121 Å². The Labute approximate surface area is 464 Å². The molecular formula is C62H80O17. The van der Waals surface area contributed by atoms with Gasteiger partial charge in [-0.25, -0.2) is 9.78 Å². The van der Waals surface area contributed by atoms with Crippen LogP contribution in [0.2, 0.25) is 0 Å². The van der Waals surface area contributed by atoms with Crippen molar-refractivity contribution < 1.29 is 83.3 Å². The van der Waals surface area contributed by atoms with Gasteiger partial charge in [0, 0.05) is 0 Å². The molecule has 0 saturated heterocycles. The zero-order valence-corrected chi connectivity index (χ0v) is 47.2. The fourth-order valence-electron chi connectivity index (χ4n) is 6.68. The summed E-state index contributed by atoms with van der Waals surface area (Å²) < 4.78 is 20.8. The van der Waals surface area contributed by atoms with Crippen LogP contribution < -0.4 is 0 Å². The van der Waals surface area contributed by atoms with Crippen LogP contribution >= 0.6 is 0 Å². The molecule has 0 bridgehead atoms. The van der Waals surface area contributed by atoms with E-state index in [9.17, 15) is 28.8 Å². The first kappa shape index (κ1) is 67.8. The van der Waals surface area contributed by atoms with Crippen molar-refractivity contribution in [1.82, 2.24) is 0 Å². The molecule has 0 saturated carbocycles. The Balaban J connectivity index is 0.000000408. The monoisotopic (exact) mass is 1100 g/mol. The Morgan fingerprint density at radius 1 is 0.367 bits per heavy atom. The molecule has 5 aromatic carbocycles. The van der Waals surface area contributed by atoms with Gasteiger partial charge in [-0.05, 0) is 101 Å². The first-order chi connectivity index (χ1) is 37.3. The van der Waals surface area contributed by atoms with E-state index in [1.807, 2.05) is 60.7 Å². The van der Waals surface area contributed by atoms with Crippen molar-refractivity contribution in [2.24, 2.45) is 0 Å². The van der Waals surface area contributed by atoms with Crippen molar-refractivity contribution in [2.45, 2.75) is 170 Å². The van der Waals surface area contributed by atoms with E-state index in [0.29, 0.717) is 17.8 Å². The number of carbonyl (C=O) groups excluding carboxylic acids is 4. The topological polar surface area (TPSA) is 259 Å². The Hall–Kier alpha value is -7.28. The van der Waals surface area contributed by atoms with Crippen molar-refractivity contribution in [3.63, 3.8) is 0 Å². The van der Waals surface area contributed by atoms with Gasteiger partial charge in [-0.15, -0.1) is 0 Å². The maximum Gasteiger partial charge on any atom is 0.306 e. The van der Waals surface area contributed by atoms with Gasteiger partial charge in [0.1, 0.15) is 37.6 Å². The van der Waals surface area contributed by atoms with Gasteiger partial charge in [0.2, 0.25) is 0 Å². The quantitative estimate of drug-likeness (QED) is 0.0157. The Morgan fingerprint density at radius 3 is 0.772 bits per heavy atom. The summed E-state index contributed by atoms with van der Waals surface area (Å²) in [5.41, 5.74) is 8.11. The predicted octanol–water partition coefficient (Wildman–Crippen LogP) is 12.4. The average molecular weight is 1100 g/mol. The zero-order valence-electron chi connectivity index (χ0n) is 47.2. The Bertz CT molecular complexity index is 2440. The van der Waals surface area contributed by atoms with Gasteiger partial charge in [-0.2, -0.15) is 0 Å². The fourth-order valence-corrected chi connectivity index (χ4v) is 6.68. The Morgan fingerprint density at radius 2 is 0.582 bits per heavy atom. The molecule has 5 N–H and O–H groups in total. The van der Waals surface area contributed by atoms with E-state index in [2.05, 4.69) is 63.5 Å². The van der Waals surface area contributed by atoms with Gasteiger partial charge < -0.3 is 34.3 Å². The van der Waals surface area contributed by atoms with E-state index < -0.39 is 47.0 Å². The third-order valence-corrected chi connectivity index (χ3v) is 12.1. The van der Waals surface area contributed by atoms with Crippen LogP contribution in [0, 0.1) is 0 Å². The van der Waals surface area contributed by atoms with Crippen LogP contribution in [0.5, 0.6) is 0 Å². The summed E-state index contributed by atoms with van der Waals surface area (Å²) in [7, 11) is 0. The largest absolute Gasteiger partial charge is 0.481 e. The van der Waals surface area contributed by atoms with Crippen LogP contribution in [0.4, 0.5) is 0 Å². The number of hydrogen-bond acceptors (Lipinski definition) is 15. The second-order valence-corrected chi connectivity index (χ2v) is 20.4. The second-order valence-electron chi connectivity index (χ2n) is 20.4. The number of aliphatic carboxylic acids is 2. The van der Waals surface area contributed by atoms with Gasteiger partial charge in [0.15, 0.2) is 0 Å². The fraction of sp³-hybridized carbons (Fsp3) is 0.419. The number of benzene rings is 5. The van der Waals surface area contributed by atoms with E-state index in [-0.39, 0.29) is 71.6 Å². The normalized spacial score (nSPS) is 11.0. The maximum atomic E-state index is 11.9. The molecule has 0 aliphatic carbocycles. The molecule has 0 unspecified atom stereocenters. The minimum atomic E-state index is -1.08. The number of aliphatic hydroxyl groups is 1. The number of carboxylic acid groups (broad SMARTS) is 2. The molecule has 5 aromatic rings. The van der Waals surface area contributed by atoms with Gasteiger partial charge in [0.25, 0.3) is 0 Å². The van der Waals surface area contributed by atoms with Gasteiger partial charge in [-0.3, -0.25) is 39.3 Å². The number of carbonyl (C=O) groups is 6. The lowest BCUT2D eigenvalue weighted by molar-refractivity contribution is -0.318. The van der Waals surface area contributed by atoms with Crippen LogP contribution in [-0.2, 0) is 102 Å². The molecule has 0 aromatic heterocycles. The van der Waals surface area contributed by atoms with Crippen LogP contribution in [-0.4, -0.2) is 61.6 Å². The van der Waals surface area contributed by atoms with E-state index in [1.54, 1.807) is 76.2 Å². The molecule has 0 aliphatic rings. The molecule has 0 radical (unpaired) electrons. The molecule has 0 heterocycles. The summed E-state index contributed by atoms with van der Waals surface area (Å²) >= 11 is 0. The van der Waals surface area contributed by atoms with Gasteiger partial charge in [0.05, 0.1) is 45.1 Å². The van der Waals surface area contributed by atoms with Crippen molar-refractivity contribution in [2.75, 3.05) is 0 Å². The number of aliphatic hydroxyl groups excluding tert-OH is 1. The molecule has 0 amide bonds. The smallest absolute Gasteiger partial charge is 0.306 e. The average Bonchev–Trinajstić information content (AvgIpc) is 3.44. The summed E-state index contributed by atoms with van der Waals surface area (Å²) in [5, 5.41) is 42.4. The van der Waals surface area contributed by atoms with E-state index in [1.165, 1.54) is 16.7 Å². The molecule has 0 fully saturated rings. The third-order valence-electron chi connectivity index (χ3n) is 12.1. The summed E-state index contributed by atoms with van der Waals surface area (Å²) in [5.74, 6) is -2.44. The van der Waals surface area contributed by atoms with E-state index >= 15 is 0 Å². The molecule has 17 nitrogen and oxygen atoms in total. The molecule has 430 valence electrons. The lowest BCUT2D eigenvalue weighted by Crippen LogP contribution is -2.19. The second kappa shape index (κ2) is 35.3.